The van der Waals surface area contributed by atoms with Crippen molar-refractivity contribution in [3.8, 4) is 23.0 Å². The SMILES string of the molecule is C=CC(=O)OCCCCCCOc1ccc(C(=O)Oc2ccc(OC(=O)c3ccc(OCCCC)cc3)c(C=N)c2)cc1. The maximum Gasteiger partial charge on any atom is 0.343 e. The lowest BCUT2D eigenvalue weighted by atomic mass is 10.2. The Labute approximate surface area is 251 Å². The molecule has 0 aliphatic rings. The zero-order valence-electron chi connectivity index (χ0n) is 24.3. The van der Waals surface area contributed by atoms with E-state index in [1.165, 1.54) is 18.2 Å². The minimum Gasteiger partial charge on any atom is -0.494 e. The Hall–Kier alpha value is -4.92. The molecule has 0 heterocycles. The molecule has 0 aliphatic heterocycles. The molecule has 0 spiro atoms. The van der Waals surface area contributed by atoms with Crippen molar-refractivity contribution in [2.24, 2.45) is 0 Å². The molecular weight excluding hydrogens is 550 g/mol. The van der Waals surface area contributed by atoms with E-state index >= 15 is 0 Å². The highest BCUT2D eigenvalue weighted by Gasteiger charge is 2.15. The van der Waals surface area contributed by atoms with Gasteiger partial charge in [-0.3, -0.25) is 0 Å². The fourth-order valence-corrected chi connectivity index (χ4v) is 3.81. The van der Waals surface area contributed by atoms with Crippen LogP contribution in [0.3, 0.4) is 0 Å². The lowest BCUT2D eigenvalue weighted by molar-refractivity contribution is -0.137. The first-order valence-electron chi connectivity index (χ1n) is 14.3. The van der Waals surface area contributed by atoms with Crippen LogP contribution in [0.2, 0.25) is 0 Å². The lowest BCUT2D eigenvalue weighted by Gasteiger charge is -2.11. The standard InChI is InChI=1S/C34H37NO8/c1-3-5-20-39-28-16-12-26(13-17-28)34(38)43-31-19-18-30(23-27(31)24-35)42-33(37)25-10-14-29(15-11-25)40-21-8-6-7-9-22-41-32(36)4-2/h4,10-19,23-24,35H,2-3,5-9,20-22H2,1H3. The number of nitrogens with one attached hydrogen (secondary N) is 1. The predicted molar refractivity (Wildman–Crippen MR) is 163 cm³/mol. The van der Waals surface area contributed by atoms with E-state index in [0.29, 0.717) is 42.4 Å². The summed E-state index contributed by atoms with van der Waals surface area (Å²) in [6.45, 7) is 6.96. The van der Waals surface area contributed by atoms with Crippen molar-refractivity contribution in [3.63, 3.8) is 0 Å². The normalized spacial score (nSPS) is 10.3. The van der Waals surface area contributed by atoms with Gasteiger partial charge < -0.3 is 29.1 Å². The van der Waals surface area contributed by atoms with E-state index in [2.05, 4.69) is 13.5 Å². The zero-order chi connectivity index (χ0) is 30.9. The maximum atomic E-state index is 12.7. The molecule has 0 amide bonds. The molecule has 0 aliphatic carbocycles. The summed E-state index contributed by atoms with van der Waals surface area (Å²) in [6, 6.07) is 17.7. The third-order valence-electron chi connectivity index (χ3n) is 6.22. The largest absolute Gasteiger partial charge is 0.494 e. The smallest absolute Gasteiger partial charge is 0.343 e. The molecule has 0 bridgehead atoms. The number of ether oxygens (including phenoxy) is 5. The van der Waals surface area contributed by atoms with Gasteiger partial charge in [0.05, 0.1) is 30.9 Å². The van der Waals surface area contributed by atoms with E-state index in [-0.39, 0.29) is 17.1 Å². The highest BCUT2D eigenvalue weighted by molar-refractivity contribution is 5.94. The van der Waals surface area contributed by atoms with Gasteiger partial charge in [-0.1, -0.05) is 19.9 Å². The van der Waals surface area contributed by atoms with Gasteiger partial charge in [0.1, 0.15) is 23.0 Å². The molecule has 0 unspecified atom stereocenters. The van der Waals surface area contributed by atoms with Gasteiger partial charge in [0.2, 0.25) is 0 Å². The summed E-state index contributed by atoms with van der Waals surface area (Å²) in [5.74, 6) is 0.110. The van der Waals surface area contributed by atoms with Crippen molar-refractivity contribution in [3.05, 3.63) is 96.1 Å². The van der Waals surface area contributed by atoms with Crippen LogP contribution in [0.1, 0.15) is 71.7 Å². The van der Waals surface area contributed by atoms with Crippen LogP contribution in [0.4, 0.5) is 0 Å². The fraction of sp³-hybridized carbons (Fsp3) is 0.294. The Bertz CT molecular complexity index is 1370. The van der Waals surface area contributed by atoms with E-state index in [9.17, 15) is 14.4 Å². The highest BCUT2D eigenvalue weighted by atomic mass is 16.5. The van der Waals surface area contributed by atoms with Gasteiger partial charge in [-0.2, -0.15) is 0 Å². The number of carbonyl (C=O) groups excluding carboxylic acids is 3. The molecule has 226 valence electrons. The minimum absolute atomic E-state index is 0.167. The van der Waals surface area contributed by atoms with Crippen LogP contribution in [-0.4, -0.2) is 43.9 Å². The van der Waals surface area contributed by atoms with Crippen molar-refractivity contribution >= 4 is 24.1 Å². The van der Waals surface area contributed by atoms with Crippen molar-refractivity contribution in [2.45, 2.75) is 45.4 Å². The third kappa shape index (κ3) is 11.1. The summed E-state index contributed by atoms with van der Waals surface area (Å²) in [5.41, 5.74) is 0.945. The van der Waals surface area contributed by atoms with E-state index in [1.54, 1.807) is 48.5 Å². The molecule has 0 saturated carbocycles. The van der Waals surface area contributed by atoms with Gasteiger partial charge in [-0.15, -0.1) is 0 Å². The maximum absolute atomic E-state index is 12.7. The van der Waals surface area contributed by atoms with Gasteiger partial charge in [-0.05, 0) is 98.8 Å². The van der Waals surface area contributed by atoms with Crippen molar-refractivity contribution < 1.29 is 38.1 Å². The van der Waals surface area contributed by atoms with E-state index in [0.717, 1.165) is 50.8 Å². The monoisotopic (exact) mass is 587 g/mol. The van der Waals surface area contributed by atoms with Gasteiger partial charge in [-0.25, -0.2) is 14.4 Å². The fourth-order valence-electron chi connectivity index (χ4n) is 3.81. The Balaban J connectivity index is 1.46. The van der Waals surface area contributed by atoms with Crippen LogP contribution in [0.15, 0.2) is 79.4 Å². The highest BCUT2D eigenvalue weighted by Crippen LogP contribution is 2.25. The van der Waals surface area contributed by atoms with Crippen molar-refractivity contribution in [1.29, 1.82) is 5.41 Å². The molecule has 43 heavy (non-hydrogen) atoms. The summed E-state index contributed by atoms with van der Waals surface area (Å²) >= 11 is 0. The quantitative estimate of drug-likeness (QED) is 0.0557. The van der Waals surface area contributed by atoms with E-state index < -0.39 is 17.9 Å². The molecule has 3 aromatic rings. The van der Waals surface area contributed by atoms with Gasteiger partial charge in [0.15, 0.2) is 0 Å². The summed E-state index contributed by atoms with van der Waals surface area (Å²) < 4.78 is 27.2. The number of unbranched alkanes of at least 4 members (excludes halogenated alkanes) is 4. The number of esters is 3. The average molecular weight is 588 g/mol. The summed E-state index contributed by atoms with van der Waals surface area (Å²) in [7, 11) is 0. The number of carbonyl (C=O) groups is 3. The first-order valence-corrected chi connectivity index (χ1v) is 14.3. The molecular formula is C34H37NO8. The molecule has 0 aromatic heterocycles. The van der Waals surface area contributed by atoms with Crippen LogP contribution < -0.4 is 18.9 Å². The first kappa shape index (κ1) is 32.6. The van der Waals surface area contributed by atoms with Crippen LogP contribution in [0, 0.1) is 5.41 Å². The van der Waals surface area contributed by atoms with Crippen LogP contribution in [0.5, 0.6) is 23.0 Å². The molecule has 3 rings (SSSR count). The molecule has 0 saturated heterocycles. The molecule has 0 atom stereocenters. The Morgan fingerprint density at radius 1 is 0.698 bits per heavy atom. The van der Waals surface area contributed by atoms with Gasteiger partial charge in [0, 0.05) is 17.9 Å². The van der Waals surface area contributed by atoms with Crippen LogP contribution >= 0.6 is 0 Å². The number of benzene rings is 3. The number of hydrogen-bond donors (Lipinski definition) is 1. The van der Waals surface area contributed by atoms with Crippen LogP contribution in [-0.2, 0) is 9.53 Å². The second kappa shape index (κ2) is 17.8. The minimum atomic E-state index is -0.582. The topological polar surface area (TPSA) is 121 Å². The van der Waals surface area contributed by atoms with E-state index in [1.807, 2.05) is 0 Å². The third-order valence-corrected chi connectivity index (χ3v) is 6.22. The van der Waals surface area contributed by atoms with Gasteiger partial charge in [0.25, 0.3) is 0 Å². The second-order valence-corrected chi connectivity index (χ2v) is 9.51. The summed E-state index contributed by atoms with van der Waals surface area (Å²) in [6.07, 6.45) is 7.65. The van der Waals surface area contributed by atoms with Crippen molar-refractivity contribution in [1.82, 2.24) is 0 Å². The average Bonchev–Trinajstić information content (AvgIpc) is 3.03. The van der Waals surface area contributed by atoms with Crippen molar-refractivity contribution in [2.75, 3.05) is 19.8 Å². The lowest BCUT2D eigenvalue weighted by Crippen LogP contribution is -2.11. The second-order valence-electron chi connectivity index (χ2n) is 9.51. The zero-order valence-corrected chi connectivity index (χ0v) is 24.3. The molecule has 1 N–H and O–H groups in total. The molecule has 9 nitrogen and oxygen atoms in total. The summed E-state index contributed by atoms with van der Waals surface area (Å²) in [5, 5.41) is 7.73. The summed E-state index contributed by atoms with van der Waals surface area (Å²) in [4.78, 5) is 36.3. The molecule has 0 radical (unpaired) electrons. The first-order chi connectivity index (χ1) is 20.9. The number of rotatable bonds is 18. The molecule has 3 aromatic carbocycles. The van der Waals surface area contributed by atoms with Crippen LogP contribution in [0.25, 0.3) is 0 Å². The Morgan fingerprint density at radius 2 is 1.23 bits per heavy atom. The van der Waals surface area contributed by atoms with Gasteiger partial charge >= 0.3 is 17.9 Å². The Kier molecular flexibility index (Phi) is 13.5. The Morgan fingerprint density at radius 3 is 1.79 bits per heavy atom. The molecule has 9 heteroatoms. The molecule has 0 fully saturated rings. The van der Waals surface area contributed by atoms with E-state index in [4.69, 9.17) is 29.1 Å². The predicted octanol–water partition coefficient (Wildman–Crippen LogP) is 6.97. The number of hydrogen-bond acceptors (Lipinski definition) is 9.